The van der Waals surface area contributed by atoms with Crippen LogP contribution >= 0.6 is 11.3 Å². The molecule has 4 heteroatoms. The lowest BCUT2D eigenvalue weighted by Crippen LogP contribution is -2.20. The Morgan fingerprint density at radius 3 is 2.78 bits per heavy atom. The average Bonchev–Trinajstić information content (AvgIpc) is 3.14. The molecule has 3 aromatic rings. The van der Waals surface area contributed by atoms with Crippen molar-refractivity contribution in [2.75, 3.05) is 0 Å². The third-order valence-electron chi connectivity index (χ3n) is 3.29. The van der Waals surface area contributed by atoms with Gasteiger partial charge in [0, 0.05) is 18.8 Å². The molecule has 0 spiro atoms. The van der Waals surface area contributed by atoms with Gasteiger partial charge in [0.2, 0.25) is 5.91 Å². The number of thiophene rings is 1. The van der Waals surface area contributed by atoms with Crippen LogP contribution in [0.3, 0.4) is 0 Å². The van der Waals surface area contributed by atoms with Crippen LogP contribution in [-0.4, -0.2) is 10.9 Å². The molecule has 3 rings (SSSR count). The summed E-state index contributed by atoms with van der Waals surface area (Å²) in [7, 11) is 0. The van der Waals surface area contributed by atoms with E-state index in [1.165, 1.54) is 0 Å². The minimum atomic E-state index is -0.108. The summed E-state index contributed by atoms with van der Waals surface area (Å²) >= 11 is 1.65. The zero-order valence-corrected chi connectivity index (χ0v) is 13.3. The number of pyridine rings is 1. The predicted octanol–water partition coefficient (Wildman–Crippen LogP) is 4.14. The monoisotopic (exact) mass is 320 g/mol. The summed E-state index contributed by atoms with van der Waals surface area (Å²) < 4.78 is 0. The van der Waals surface area contributed by atoms with Gasteiger partial charge in [0.15, 0.2) is 0 Å². The molecule has 0 aliphatic heterocycles. The van der Waals surface area contributed by atoms with E-state index in [0.717, 1.165) is 21.7 Å². The van der Waals surface area contributed by atoms with Crippen LogP contribution in [-0.2, 0) is 11.3 Å². The molecule has 0 bridgehead atoms. The number of benzene rings is 1. The lowest BCUT2D eigenvalue weighted by Gasteiger charge is -2.04. The Hall–Kier alpha value is -2.72. The van der Waals surface area contributed by atoms with Crippen molar-refractivity contribution in [1.29, 1.82) is 0 Å². The zero-order chi connectivity index (χ0) is 15.9. The maximum Gasteiger partial charge on any atom is 0.244 e. The van der Waals surface area contributed by atoms with Gasteiger partial charge in [-0.2, -0.15) is 0 Å². The molecule has 2 heterocycles. The van der Waals surface area contributed by atoms with E-state index in [2.05, 4.69) is 10.3 Å². The van der Waals surface area contributed by atoms with Gasteiger partial charge in [-0.1, -0.05) is 36.4 Å². The molecule has 1 aromatic carbocycles. The van der Waals surface area contributed by atoms with Crippen LogP contribution in [0.5, 0.6) is 0 Å². The van der Waals surface area contributed by atoms with Gasteiger partial charge in [0.25, 0.3) is 0 Å². The van der Waals surface area contributed by atoms with E-state index >= 15 is 0 Å². The van der Waals surface area contributed by atoms with E-state index < -0.39 is 0 Å². The molecule has 1 N–H and O–H groups in total. The standard InChI is InChI=1S/C19H16N2OS/c22-19(9-8-15-5-2-1-3-6-15)21-14-16-10-11-20-17(13-16)18-7-4-12-23-18/h1-13H,14H2,(H,21,22)/b9-8+. The summed E-state index contributed by atoms with van der Waals surface area (Å²) in [5.41, 5.74) is 2.97. The van der Waals surface area contributed by atoms with Gasteiger partial charge in [-0.05, 0) is 40.8 Å². The number of hydrogen-bond donors (Lipinski definition) is 1. The van der Waals surface area contributed by atoms with Crippen molar-refractivity contribution in [2.45, 2.75) is 6.54 Å². The van der Waals surface area contributed by atoms with E-state index in [-0.39, 0.29) is 5.91 Å². The van der Waals surface area contributed by atoms with Gasteiger partial charge in [0.1, 0.15) is 0 Å². The normalized spacial score (nSPS) is 10.8. The highest BCUT2D eigenvalue weighted by molar-refractivity contribution is 7.13. The first-order valence-electron chi connectivity index (χ1n) is 7.31. The Kier molecular flexibility index (Phi) is 4.96. The molecule has 0 aliphatic rings. The lowest BCUT2D eigenvalue weighted by molar-refractivity contribution is -0.116. The first-order chi connectivity index (χ1) is 11.3. The summed E-state index contributed by atoms with van der Waals surface area (Å²) in [6.45, 7) is 0.485. The molecule has 0 saturated heterocycles. The summed E-state index contributed by atoms with van der Waals surface area (Å²) in [6.07, 6.45) is 5.13. The second-order valence-electron chi connectivity index (χ2n) is 4.99. The molecular weight excluding hydrogens is 304 g/mol. The van der Waals surface area contributed by atoms with Crippen LogP contribution < -0.4 is 5.32 Å². The van der Waals surface area contributed by atoms with E-state index in [1.54, 1.807) is 29.7 Å². The highest BCUT2D eigenvalue weighted by atomic mass is 32.1. The Balaban J connectivity index is 1.59. The zero-order valence-electron chi connectivity index (χ0n) is 12.5. The minimum Gasteiger partial charge on any atom is -0.348 e. The topological polar surface area (TPSA) is 42.0 Å². The van der Waals surface area contributed by atoms with Gasteiger partial charge in [-0.25, -0.2) is 0 Å². The molecule has 3 nitrogen and oxygen atoms in total. The molecule has 114 valence electrons. The van der Waals surface area contributed by atoms with Crippen molar-refractivity contribution in [3.63, 3.8) is 0 Å². The highest BCUT2D eigenvalue weighted by Crippen LogP contribution is 2.22. The fourth-order valence-electron chi connectivity index (χ4n) is 2.13. The number of amides is 1. The molecule has 23 heavy (non-hydrogen) atoms. The Morgan fingerprint density at radius 1 is 1.13 bits per heavy atom. The second-order valence-corrected chi connectivity index (χ2v) is 5.94. The maximum atomic E-state index is 11.9. The number of carbonyl (C=O) groups excluding carboxylic acids is 1. The fourth-order valence-corrected chi connectivity index (χ4v) is 2.82. The van der Waals surface area contributed by atoms with Crippen LogP contribution in [0, 0.1) is 0 Å². The quantitative estimate of drug-likeness (QED) is 0.718. The van der Waals surface area contributed by atoms with Crippen LogP contribution in [0.2, 0.25) is 0 Å². The molecule has 0 fully saturated rings. The van der Waals surface area contributed by atoms with Gasteiger partial charge < -0.3 is 5.32 Å². The number of carbonyl (C=O) groups is 1. The molecular formula is C19H16N2OS. The van der Waals surface area contributed by atoms with Crippen molar-refractivity contribution in [1.82, 2.24) is 10.3 Å². The third kappa shape index (κ3) is 4.37. The van der Waals surface area contributed by atoms with E-state index in [0.29, 0.717) is 6.54 Å². The Bertz CT molecular complexity index is 795. The number of aromatic nitrogens is 1. The van der Waals surface area contributed by atoms with Crippen LogP contribution in [0.1, 0.15) is 11.1 Å². The summed E-state index contributed by atoms with van der Waals surface area (Å²) in [4.78, 5) is 17.4. The van der Waals surface area contributed by atoms with Crippen LogP contribution in [0.25, 0.3) is 16.6 Å². The van der Waals surface area contributed by atoms with Gasteiger partial charge in [0.05, 0.1) is 10.6 Å². The van der Waals surface area contributed by atoms with Gasteiger partial charge >= 0.3 is 0 Å². The summed E-state index contributed by atoms with van der Waals surface area (Å²) in [5.74, 6) is -0.108. The number of nitrogens with one attached hydrogen (secondary N) is 1. The molecule has 0 saturated carbocycles. The average molecular weight is 320 g/mol. The third-order valence-corrected chi connectivity index (χ3v) is 4.18. The Labute approximate surface area is 139 Å². The van der Waals surface area contributed by atoms with Gasteiger partial charge in [-0.15, -0.1) is 11.3 Å². The highest BCUT2D eigenvalue weighted by Gasteiger charge is 2.02. The van der Waals surface area contributed by atoms with E-state index in [4.69, 9.17) is 0 Å². The first-order valence-corrected chi connectivity index (χ1v) is 8.19. The molecule has 0 radical (unpaired) electrons. The maximum absolute atomic E-state index is 11.9. The van der Waals surface area contributed by atoms with E-state index in [1.807, 2.05) is 60.0 Å². The smallest absolute Gasteiger partial charge is 0.244 e. The van der Waals surface area contributed by atoms with Crippen molar-refractivity contribution in [2.24, 2.45) is 0 Å². The van der Waals surface area contributed by atoms with Gasteiger partial charge in [-0.3, -0.25) is 9.78 Å². The molecule has 0 aliphatic carbocycles. The lowest BCUT2D eigenvalue weighted by atomic mass is 10.2. The van der Waals surface area contributed by atoms with Crippen LogP contribution in [0.4, 0.5) is 0 Å². The van der Waals surface area contributed by atoms with Crippen LogP contribution in [0.15, 0.2) is 72.3 Å². The number of hydrogen-bond acceptors (Lipinski definition) is 3. The molecule has 0 atom stereocenters. The SMILES string of the molecule is O=C(/C=C/c1ccccc1)NCc1ccnc(-c2cccs2)c1. The van der Waals surface area contributed by atoms with Crippen molar-refractivity contribution >= 4 is 23.3 Å². The predicted molar refractivity (Wildman–Crippen MR) is 94.9 cm³/mol. The van der Waals surface area contributed by atoms with Crippen molar-refractivity contribution < 1.29 is 4.79 Å². The number of nitrogens with zero attached hydrogens (tertiary/aromatic N) is 1. The largest absolute Gasteiger partial charge is 0.348 e. The van der Waals surface area contributed by atoms with E-state index in [9.17, 15) is 4.79 Å². The Morgan fingerprint density at radius 2 is 2.00 bits per heavy atom. The van der Waals surface area contributed by atoms with Crippen molar-refractivity contribution in [3.05, 3.63) is 83.4 Å². The number of rotatable bonds is 5. The second kappa shape index (κ2) is 7.51. The minimum absolute atomic E-state index is 0.108. The first kappa shape index (κ1) is 15.2. The molecule has 2 aromatic heterocycles. The molecule has 0 unspecified atom stereocenters. The summed E-state index contributed by atoms with van der Waals surface area (Å²) in [5, 5.41) is 4.92. The fraction of sp³-hybridized carbons (Fsp3) is 0.0526. The summed E-state index contributed by atoms with van der Waals surface area (Å²) in [6, 6.07) is 17.7. The van der Waals surface area contributed by atoms with Crippen molar-refractivity contribution in [3.8, 4) is 10.6 Å². The molecule has 1 amide bonds.